The third-order valence-corrected chi connectivity index (χ3v) is 4.35. The Morgan fingerprint density at radius 2 is 1.67 bits per heavy atom. The molecule has 2 aromatic rings. The van der Waals surface area contributed by atoms with Crippen LogP contribution in [0.3, 0.4) is 0 Å². The number of rotatable bonds is 3. The molecule has 0 spiro atoms. The molecule has 1 unspecified atom stereocenters. The zero-order valence-corrected chi connectivity index (χ0v) is 13.5. The fourth-order valence-electron chi connectivity index (χ4n) is 3.30. The molecule has 2 aromatic carbocycles. The van der Waals surface area contributed by atoms with Crippen LogP contribution in [0, 0.1) is 0 Å². The number of nitrogens with one attached hydrogen (secondary N) is 1. The average molecular weight is 314 g/mol. The van der Waals surface area contributed by atoms with Gasteiger partial charge in [-0.25, -0.2) is 0 Å². The van der Waals surface area contributed by atoms with Crippen LogP contribution in [-0.2, 0) is 11.2 Å². The summed E-state index contributed by atoms with van der Waals surface area (Å²) in [5, 5.41) is 3.38. The number of benzene rings is 2. The number of aliphatic imine (C=N–C) groups is 1. The van der Waals surface area contributed by atoms with E-state index in [2.05, 4.69) is 29.6 Å². The summed E-state index contributed by atoms with van der Waals surface area (Å²) in [5.41, 5.74) is 6.11. The molecule has 0 aromatic heterocycles. The highest BCUT2D eigenvalue weighted by molar-refractivity contribution is 6.29. The van der Waals surface area contributed by atoms with Crippen molar-refractivity contribution in [3.05, 3.63) is 89.3 Å². The van der Waals surface area contributed by atoms with Crippen LogP contribution in [0.5, 0.6) is 0 Å². The van der Waals surface area contributed by atoms with Crippen molar-refractivity contribution in [1.29, 1.82) is 0 Å². The molecule has 4 rings (SSSR count). The van der Waals surface area contributed by atoms with Gasteiger partial charge in [-0.05, 0) is 18.1 Å². The largest absolute Gasteiger partial charge is 0.360 e. The molecule has 2 heterocycles. The summed E-state index contributed by atoms with van der Waals surface area (Å²) in [6, 6.07) is 20.0. The van der Waals surface area contributed by atoms with Crippen LogP contribution in [0.25, 0.3) is 5.57 Å². The van der Waals surface area contributed by atoms with Crippen LogP contribution in [0.2, 0.25) is 0 Å². The van der Waals surface area contributed by atoms with Crippen LogP contribution >= 0.6 is 0 Å². The molecule has 24 heavy (non-hydrogen) atoms. The lowest BCUT2D eigenvalue weighted by molar-refractivity contribution is -0.115. The molecule has 0 saturated heterocycles. The number of carbonyl (C=O) groups excluding carboxylic acids is 1. The predicted octanol–water partition coefficient (Wildman–Crippen LogP) is 3.54. The van der Waals surface area contributed by atoms with Gasteiger partial charge in [-0.2, -0.15) is 0 Å². The Bertz CT molecular complexity index is 877. The molecule has 3 heteroatoms. The number of hydrogen-bond donors (Lipinski definition) is 1. The van der Waals surface area contributed by atoms with Crippen molar-refractivity contribution in [1.82, 2.24) is 5.32 Å². The van der Waals surface area contributed by atoms with Crippen molar-refractivity contribution in [2.24, 2.45) is 4.99 Å². The molecule has 0 aliphatic carbocycles. The van der Waals surface area contributed by atoms with E-state index < -0.39 is 6.04 Å². The SMILES string of the molecule is CC1=CC(=O)C2N=C(Cc3ccccc3)C(c3ccccc3)=C2N1. The monoisotopic (exact) mass is 314 g/mol. The number of hydrogen-bond acceptors (Lipinski definition) is 3. The summed E-state index contributed by atoms with van der Waals surface area (Å²) >= 11 is 0. The standard InChI is InChI=1S/C21H18N2O/c1-14-12-18(24)20-21(22-14)19(16-10-6-3-7-11-16)17(23-20)13-15-8-4-2-5-9-15/h2-12,20,22H,13H2,1H3. The number of fused-ring (bicyclic) bond motifs is 1. The zero-order chi connectivity index (χ0) is 16.5. The van der Waals surface area contributed by atoms with Gasteiger partial charge in [-0.1, -0.05) is 60.7 Å². The van der Waals surface area contributed by atoms with Crippen molar-refractivity contribution < 1.29 is 4.79 Å². The molecule has 0 fully saturated rings. The van der Waals surface area contributed by atoms with Crippen LogP contribution in [-0.4, -0.2) is 17.5 Å². The van der Waals surface area contributed by atoms with Gasteiger partial charge in [0.05, 0.1) is 11.4 Å². The average Bonchev–Trinajstić information content (AvgIpc) is 2.95. The van der Waals surface area contributed by atoms with E-state index in [9.17, 15) is 4.79 Å². The second-order valence-corrected chi connectivity index (χ2v) is 6.15. The van der Waals surface area contributed by atoms with Gasteiger partial charge in [0.1, 0.15) is 0 Å². The van der Waals surface area contributed by atoms with E-state index in [1.54, 1.807) is 6.08 Å². The van der Waals surface area contributed by atoms with Gasteiger partial charge in [-0.15, -0.1) is 0 Å². The molecule has 1 N–H and O–H groups in total. The summed E-state index contributed by atoms with van der Waals surface area (Å²) in [4.78, 5) is 17.2. The van der Waals surface area contributed by atoms with Crippen LogP contribution in [0.1, 0.15) is 18.1 Å². The smallest absolute Gasteiger partial charge is 0.187 e. The first-order chi connectivity index (χ1) is 11.7. The lowest BCUT2D eigenvalue weighted by Gasteiger charge is -2.20. The van der Waals surface area contributed by atoms with E-state index in [-0.39, 0.29) is 5.78 Å². The summed E-state index contributed by atoms with van der Waals surface area (Å²) in [6.45, 7) is 1.92. The number of allylic oxidation sites excluding steroid dienone is 2. The lowest BCUT2D eigenvalue weighted by Crippen LogP contribution is -2.31. The van der Waals surface area contributed by atoms with Crippen LogP contribution in [0.4, 0.5) is 0 Å². The minimum absolute atomic E-state index is 0.0535. The minimum atomic E-state index is -0.428. The van der Waals surface area contributed by atoms with Crippen molar-refractivity contribution in [2.45, 2.75) is 19.4 Å². The highest BCUT2D eigenvalue weighted by Crippen LogP contribution is 2.33. The summed E-state index contributed by atoms with van der Waals surface area (Å²) in [5.74, 6) is 0.0535. The minimum Gasteiger partial charge on any atom is -0.360 e. The number of carbonyl (C=O) groups is 1. The van der Waals surface area contributed by atoms with Crippen molar-refractivity contribution >= 4 is 17.1 Å². The van der Waals surface area contributed by atoms with E-state index >= 15 is 0 Å². The molecule has 0 saturated carbocycles. The molecular formula is C21H18N2O. The van der Waals surface area contributed by atoms with Crippen molar-refractivity contribution in [2.75, 3.05) is 0 Å². The van der Waals surface area contributed by atoms with Gasteiger partial charge < -0.3 is 5.32 Å². The normalized spacial score (nSPS) is 19.5. The van der Waals surface area contributed by atoms with Crippen molar-refractivity contribution in [3.8, 4) is 0 Å². The maximum Gasteiger partial charge on any atom is 0.187 e. The van der Waals surface area contributed by atoms with Gasteiger partial charge in [-0.3, -0.25) is 9.79 Å². The van der Waals surface area contributed by atoms with Gasteiger partial charge >= 0.3 is 0 Å². The first-order valence-electron chi connectivity index (χ1n) is 8.12. The topological polar surface area (TPSA) is 41.5 Å². The van der Waals surface area contributed by atoms with E-state index in [0.717, 1.165) is 34.7 Å². The van der Waals surface area contributed by atoms with Gasteiger partial charge in [0.2, 0.25) is 0 Å². The third-order valence-electron chi connectivity index (χ3n) is 4.35. The Labute approximate surface area is 141 Å². The Hall–Kier alpha value is -2.94. The van der Waals surface area contributed by atoms with Crippen LogP contribution < -0.4 is 5.32 Å². The van der Waals surface area contributed by atoms with E-state index in [1.807, 2.05) is 43.3 Å². The van der Waals surface area contributed by atoms with Gasteiger partial charge in [0, 0.05) is 23.8 Å². The maximum atomic E-state index is 12.4. The maximum absolute atomic E-state index is 12.4. The van der Waals surface area contributed by atoms with E-state index in [4.69, 9.17) is 4.99 Å². The molecule has 0 amide bonds. The number of ketones is 1. The second-order valence-electron chi connectivity index (χ2n) is 6.15. The molecule has 0 bridgehead atoms. The van der Waals surface area contributed by atoms with E-state index in [0.29, 0.717) is 0 Å². The first kappa shape index (κ1) is 14.6. The van der Waals surface area contributed by atoms with Crippen molar-refractivity contribution in [3.63, 3.8) is 0 Å². The first-order valence-corrected chi connectivity index (χ1v) is 8.12. The Kier molecular flexibility index (Phi) is 3.62. The quantitative estimate of drug-likeness (QED) is 0.941. The fraction of sp³-hybridized carbons (Fsp3) is 0.143. The van der Waals surface area contributed by atoms with E-state index in [1.165, 1.54) is 5.56 Å². The Morgan fingerprint density at radius 3 is 2.38 bits per heavy atom. The highest BCUT2D eigenvalue weighted by Gasteiger charge is 2.35. The van der Waals surface area contributed by atoms with Gasteiger partial charge in [0.15, 0.2) is 11.8 Å². The second kappa shape index (κ2) is 5.93. The summed E-state index contributed by atoms with van der Waals surface area (Å²) in [6.07, 6.45) is 2.37. The molecule has 0 radical (unpaired) electrons. The van der Waals surface area contributed by atoms with Crippen LogP contribution in [0.15, 0.2) is 83.1 Å². The van der Waals surface area contributed by atoms with Gasteiger partial charge in [0.25, 0.3) is 0 Å². The highest BCUT2D eigenvalue weighted by atomic mass is 16.1. The summed E-state index contributed by atoms with van der Waals surface area (Å²) in [7, 11) is 0. The Morgan fingerprint density at radius 1 is 1.00 bits per heavy atom. The third kappa shape index (κ3) is 2.58. The molecule has 2 aliphatic heterocycles. The lowest BCUT2D eigenvalue weighted by atomic mass is 9.93. The molecular weight excluding hydrogens is 296 g/mol. The molecule has 1 atom stereocenters. The zero-order valence-electron chi connectivity index (χ0n) is 13.5. The predicted molar refractivity (Wildman–Crippen MR) is 96.6 cm³/mol. The summed E-state index contributed by atoms with van der Waals surface area (Å²) < 4.78 is 0. The number of nitrogens with zero attached hydrogens (tertiary/aromatic N) is 1. The fourth-order valence-corrected chi connectivity index (χ4v) is 3.30. The molecule has 3 nitrogen and oxygen atoms in total. The molecule has 118 valence electrons. The molecule has 2 aliphatic rings. The Balaban J connectivity index is 1.81.